The van der Waals surface area contributed by atoms with Crippen LogP contribution in [0.15, 0.2) is 9.42 Å². The van der Waals surface area contributed by atoms with Crippen molar-refractivity contribution in [3.63, 3.8) is 0 Å². The molecule has 1 aromatic heterocycles. The van der Waals surface area contributed by atoms with E-state index < -0.39 is 10.0 Å². The number of aromatic nitrogens is 1. The summed E-state index contributed by atoms with van der Waals surface area (Å²) < 4.78 is 32.4. The van der Waals surface area contributed by atoms with Crippen molar-refractivity contribution in [2.24, 2.45) is 0 Å². The Balaban J connectivity index is 1.87. The van der Waals surface area contributed by atoms with E-state index in [1.165, 1.54) is 30.0 Å². The van der Waals surface area contributed by atoms with E-state index in [0.717, 1.165) is 12.8 Å². The lowest BCUT2D eigenvalue weighted by molar-refractivity contribution is -0.131. The molecule has 2 rings (SSSR count). The Hall–Kier alpha value is -1.41. The Bertz CT molecular complexity index is 695. The van der Waals surface area contributed by atoms with Crippen molar-refractivity contribution in [2.75, 3.05) is 26.2 Å². The maximum absolute atomic E-state index is 12.9. The van der Waals surface area contributed by atoms with Crippen molar-refractivity contribution in [1.29, 1.82) is 0 Å². The molecule has 0 bridgehead atoms. The molecule has 0 aliphatic carbocycles. The number of hydrogen-bond donors (Lipinski definition) is 0. The van der Waals surface area contributed by atoms with Gasteiger partial charge in [-0.1, -0.05) is 44.2 Å². The number of carbonyl (C=O) groups excluding carboxylic acids is 1. The van der Waals surface area contributed by atoms with Gasteiger partial charge in [-0.25, -0.2) is 8.42 Å². The lowest BCUT2D eigenvalue weighted by atomic mass is 10.1. The van der Waals surface area contributed by atoms with Crippen LogP contribution < -0.4 is 0 Å². The second-order valence-corrected chi connectivity index (χ2v) is 9.18. The van der Waals surface area contributed by atoms with Crippen molar-refractivity contribution in [1.82, 2.24) is 14.4 Å². The standard InChI is InChI=1S/C19H33N3O4S/c1-4-5-6-7-8-9-11-18(23)21-12-10-13-22(15-14-21)27(24,25)19-16(2)20-26-17(19)3/h4-15H2,1-3H3. The second kappa shape index (κ2) is 10.2. The highest BCUT2D eigenvalue weighted by Gasteiger charge is 2.32. The van der Waals surface area contributed by atoms with Gasteiger partial charge in [0.1, 0.15) is 10.6 Å². The van der Waals surface area contributed by atoms with Crippen molar-refractivity contribution >= 4 is 15.9 Å². The largest absolute Gasteiger partial charge is 0.360 e. The van der Waals surface area contributed by atoms with Gasteiger partial charge < -0.3 is 9.42 Å². The van der Waals surface area contributed by atoms with Crippen LogP contribution in [0.3, 0.4) is 0 Å². The van der Waals surface area contributed by atoms with Crippen LogP contribution in [0.2, 0.25) is 0 Å². The normalized spacial score (nSPS) is 16.5. The van der Waals surface area contributed by atoms with E-state index in [2.05, 4.69) is 12.1 Å². The van der Waals surface area contributed by atoms with Crippen LogP contribution in [0.5, 0.6) is 0 Å². The van der Waals surface area contributed by atoms with Crippen molar-refractivity contribution in [2.45, 2.75) is 77.0 Å². The maximum atomic E-state index is 12.9. The molecule has 0 spiro atoms. The van der Waals surface area contributed by atoms with Gasteiger partial charge in [-0.2, -0.15) is 4.31 Å². The number of nitrogens with zero attached hydrogens (tertiary/aromatic N) is 3. The summed E-state index contributed by atoms with van der Waals surface area (Å²) in [6.07, 6.45) is 8.11. The maximum Gasteiger partial charge on any atom is 0.248 e. The minimum absolute atomic E-state index is 0.141. The first-order valence-corrected chi connectivity index (χ1v) is 11.5. The molecule has 0 N–H and O–H groups in total. The number of sulfonamides is 1. The number of rotatable bonds is 9. The highest BCUT2D eigenvalue weighted by atomic mass is 32.2. The fourth-order valence-electron chi connectivity index (χ4n) is 3.57. The van der Waals surface area contributed by atoms with Gasteiger partial charge in [0.15, 0.2) is 5.76 Å². The molecule has 2 heterocycles. The van der Waals surface area contributed by atoms with Crippen molar-refractivity contribution < 1.29 is 17.7 Å². The quantitative estimate of drug-likeness (QED) is 0.595. The molecule has 0 aromatic carbocycles. The third kappa shape index (κ3) is 5.78. The summed E-state index contributed by atoms with van der Waals surface area (Å²) in [5, 5.41) is 3.76. The average molecular weight is 400 g/mol. The Morgan fingerprint density at radius 2 is 1.74 bits per heavy atom. The third-order valence-electron chi connectivity index (χ3n) is 5.12. The number of unbranched alkanes of at least 4 members (excludes halogenated alkanes) is 5. The zero-order chi connectivity index (χ0) is 19.9. The van der Waals surface area contributed by atoms with Gasteiger partial charge in [-0.15, -0.1) is 0 Å². The predicted octanol–water partition coefficient (Wildman–Crippen LogP) is 3.27. The topological polar surface area (TPSA) is 83.7 Å². The molecule has 0 saturated carbocycles. The fourth-order valence-corrected chi connectivity index (χ4v) is 5.33. The summed E-state index contributed by atoms with van der Waals surface area (Å²) in [5.74, 6) is 0.454. The van der Waals surface area contributed by atoms with Crippen LogP contribution in [0.25, 0.3) is 0 Å². The number of hydrogen-bond acceptors (Lipinski definition) is 5. The molecule has 8 heteroatoms. The highest BCUT2D eigenvalue weighted by Crippen LogP contribution is 2.24. The smallest absolute Gasteiger partial charge is 0.248 e. The lowest BCUT2D eigenvalue weighted by Crippen LogP contribution is -2.37. The average Bonchev–Trinajstić information content (AvgIpc) is 2.84. The second-order valence-electron chi connectivity index (χ2n) is 7.31. The molecule has 0 radical (unpaired) electrons. The monoisotopic (exact) mass is 399 g/mol. The van der Waals surface area contributed by atoms with E-state index in [9.17, 15) is 13.2 Å². The Morgan fingerprint density at radius 1 is 1.04 bits per heavy atom. The lowest BCUT2D eigenvalue weighted by Gasteiger charge is -2.22. The first-order chi connectivity index (χ1) is 12.9. The number of aryl methyl sites for hydroxylation is 2. The highest BCUT2D eigenvalue weighted by molar-refractivity contribution is 7.89. The van der Waals surface area contributed by atoms with Gasteiger partial charge >= 0.3 is 0 Å². The first-order valence-electron chi connectivity index (χ1n) is 10.1. The molecule has 154 valence electrons. The number of amides is 1. The van der Waals surface area contributed by atoms with Gasteiger partial charge in [0.05, 0.1) is 0 Å². The number of carbonyl (C=O) groups is 1. The molecule has 1 aliphatic rings. The molecule has 7 nitrogen and oxygen atoms in total. The van der Waals surface area contributed by atoms with E-state index in [1.807, 2.05) is 4.90 Å². The molecule has 27 heavy (non-hydrogen) atoms. The summed E-state index contributed by atoms with van der Waals surface area (Å²) in [5.41, 5.74) is 0.382. The molecule has 0 atom stereocenters. The van der Waals surface area contributed by atoms with Gasteiger partial charge in [0.2, 0.25) is 15.9 Å². The van der Waals surface area contributed by atoms with Crippen LogP contribution >= 0.6 is 0 Å². The van der Waals surface area contributed by atoms with Gasteiger partial charge in [-0.3, -0.25) is 4.79 Å². The van der Waals surface area contributed by atoms with Crippen LogP contribution in [0.1, 0.15) is 69.7 Å². The first kappa shape index (κ1) is 21.9. The molecular formula is C19H33N3O4S. The van der Waals surface area contributed by atoms with Crippen LogP contribution in [-0.4, -0.2) is 54.9 Å². The summed E-state index contributed by atoms with van der Waals surface area (Å²) in [6, 6.07) is 0. The van der Waals surface area contributed by atoms with E-state index in [-0.39, 0.29) is 10.8 Å². The van der Waals surface area contributed by atoms with Crippen molar-refractivity contribution in [3.05, 3.63) is 11.5 Å². The van der Waals surface area contributed by atoms with Gasteiger partial charge in [0, 0.05) is 32.6 Å². The minimum atomic E-state index is -3.64. The molecule has 0 unspecified atom stereocenters. The molecular weight excluding hydrogens is 366 g/mol. The van der Waals surface area contributed by atoms with E-state index in [4.69, 9.17) is 4.52 Å². The SMILES string of the molecule is CCCCCCCCC(=O)N1CCCN(S(=O)(=O)c2c(C)noc2C)CC1. The van der Waals surface area contributed by atoms with E-state index in [0.29, 0.717) is 50.5 Å². The molecule has 1 aliphatic heterocycles. The van der Waals surface area contributed by atoms with Crippen LogP contribution in [0, 0.1) is 13.8 Å². The molecule has 1 amide bonds. The van der Waals surface area contributed by atoms with Crippen LogP contribution in [-0.2, 0) is 14.8 Å². The Kier molecular flexibility index (Phi) is 8.28. The van der Waals surface area contributed by atoms with E-state index >= 15 is 0 Å². The minimum Gasteiger partial charge on any atom is -0.360 e. The zero-order valence-corrected chi connectivity index (χ0v) is 17.7. The Morgan fingerprint density at radius 3 is 2.41 bits per heavy atom. The van der Waals surface area contributed by atoms with E-state index in [1.54, 1.807) is 13.8 Å². The molecule has 1 fully saturated rings. The summed E-state index contributed by atoms with van der Waals surface area (Å²) >= 11 is 0. The zero-order valence-electron chi connectivity index (χ0n) is 16.9. The van der Waals surface area contributed by atoms with Gasteiger partial charge in [-0.05, 0) is 26.7 Å². The van der Waals surface area contributed by atoms with Crippen LogP contribution in [0.4, 0.5) is 0 Å². The Labute approximate surface area is 163 Å². The molecule has 1 saturated heterocycles. The predicted molar refractivity (Wildman–Crippen MR) is 104 cm³/mol. The summed E-state index contributed by atoms with van der Waals surface area (Å²) in [7, 11) is -3.64. The van der Waals surface area contributed by atoms with Gasteiger partial charge in [0.25, 0.3) is 0 Å². The third-order valence-corrected chi connectivity index (χ3v) is 7.26. The fraction of sp³-hybridized carbons (Fsp3) is 0.789. The summed E-state index contributed by atoms with van der Waals surface area (Å²) in [6.45, 7) is 7.22. The molecule has 1 aromatic rings. The summed E-state index contributed by atoms with van der Waals surface area (Å²) in [4.78, 5) is 14.4. The van der Waals surface area contributed by atoms with Crippen molar-refractivity contribution in [3.8, 4) is 0 Å².